The Morgan fingerprint density at radius 1 is 1.14 bits per heavy atom. The fourth-order valence-electron chi connectivity index (χ4n) is 2.18. The first-order chi connectivity index (χ1) is 10.7. The van der Waals surface area contributed by atoms with Gasteiger partial charge in [-0.15, -0.1) is 0 Å². The summed E-state index contributed by atoms with van der Waals surface area (Å²) in [5, 5.41) is 2.92. The van der Waals surface area contributed by atoms with Crippen LogP contribution >= 0.6 is 0 Å². The molecule has 2 aromatic carbocycles. The summed E-state index contributed by atoms with van der Waals surface area (Å²) in [5.74, 6) is 0.933. The van der Waals surface area contributed by atoms with E-state index in [0.717, 1.165) is 11.3 Å². The third kappa shape index (κ3) is 4.48. The molecule has 0 spiro atoms. The second-order valence-electron chi connectivity index (χ2n) is 5.13. The van der Waals surface area contributed by atoms with Crippen molar-refractivity contribution in [3.63, 3.8) is 0 Å². The standard InChI is InChI=1S/C19H21NO2/c1-15(16-8-4-3-5-9-16)14-20-19(21)13-12-17-10-6-7-11-18(17)22-2/h3-13,15H,14H2,1-2H3,(H,20,21)/b13-12+/t15-/m1/s1. The molecule has 0 fully saturated rings. The summed E-state index contributed by atoms with van der Waals surface area (Å²) >= 11 is 0. The molecule has 3 heteroatoms. The van der Waals surface area contributed by atoms with Gasteiger partial charge in [0.1, 0.15) is 5.75 Å². The Hall–Kier alpha value is -2.55. The summed E-state index contributed by atoms with van der Waals surface area (Å²) in [6.07, 6.45) is 3.30. The summed E-state index contributed by atoms with van der Waals surface area (Å²) < 4.78 is 5.25. The van der Waals surface area contributed by atoms with Gasteiger partial charge in [-0.1, -0.05) is 55.5 Å². The van der Waals surface area contributed by atoms with Gasteiger partial charge < -0.3 is 10.1 Å². The maximum Gasteiger partial charge on any atom is 0.244 e. The van der Waals surface area contributed by atoms with Gasteiger partial charge in [0.05, 0.1) is 7.11 Å². The minimum atomic E-state index is -0.103. The lowest BCUT2D eigenvalue weighted by Crippen LogP contribution is -2.25. The number of amides is 1. The van der Waals surface area contributed by atoms with Crippen LogP contribution in [0.2, 0.25) is 0 Å². The lowest BCUT2D eigenvalue weighted by Gasteiger charge is -2.12. The molecule has 1 N–H and O–H groups in total. The first-order valence-corrected chi connectivity index (χ1v) is 7.34. The maximum atomic E-state index is 11.9. The van der Waals surface area contributed by atoms with Gasteiger partial charge in [-0.2, -0.15) is 0 Å². The zero-order valence-corrected chi connectivity index (χ0v) is 13.0. The molecule has 22 heavy (non-hydrogen) atoms. The van der Waals surface area contributed by atoms with Crippen molar-refractivity contribution >= 4 is 12.0 Å². The van der Waals surface area contributed by atoms with Gasteiger partial charge in [-0.05, 0) is 23.6 Å². The quantitative estimate of drug-likeness (QED) is 0.826. The van der Waals surface area contributed by atoms with Crippen molar-refractivity contribution in [3.05, 3.63) is 71.8 Å². The second-order valence-corrected chi connectivity index (χ2v) is 5.13. The molecular weight excluding hydrogens is 274 g/mol. The summed E-state index contributed by atoms with van der Waals surface area (Å²) in [4.78, 5) is 11.9. The average Bonchev–Trinajstić information content (AvgIpc) is 2.58. The van der Waals surface area contributed by atoms with Gasteiger partial charge >= 0.3 is 0 Å². The topological polar surface area (TPSA) is 38.3 Å². The molecule has 0 aliphatic heterocycles. The van der Waals surface area contributed by atoms with Gasteiger partial charge in [0.25, 0.3) is 0 Å². The fraction of sp³-hybridized carbons (Fsp3) is 0.211. The summed E-state index contributed by atoms with van der Waals surface area (Å²) in [6, 6.07) is 17.7. The molecule has 0 heterocycles. The first kappa shape index (κ1) is 15.8. The van der Waals surface area contributed by atoms with Gasteiger partial charge in [0.15, 0.2) is 0 Å². The molecule has 0 aromatic heterocycles. The Kier molecular flexibility index (Phi) is 5.78. The number of rotatable bonds is 6. The van der Waals surface area contributed by atoms with Crippen LogP contribution < -0.4 is 10.1 Å². The lowest BCUT2D eigenvalue weighted by molar-refractivity contribution is -0.116. The number of benzene rings is 2. The van der Waals surface area contributed by atoms with E-state index in [1.165, 1.54) is 11.6 Å². The second kappa shape index (κ2) is 8.03. The van der Waals surface area contributed by atoms with Crippen molar-refractivity contribution in [3.8, 4) is 5.75 Å². The van der Waals surface area contributed by atoms with Crippen LogP contribution in [0.25, 0.3) is 6.08 Å². The predicted molar refractivity (Wildman–Crippen MR) is 89.9 cm³/mol. The number of ether oxygens (including phenoxy) is 1. The summed E-state index contributed by atoms with van der Waals surface area (Å²) in [5.41, 5.74) is 2.10. The van der Waals surface area contributed by atoms with E-state index in [-0.39, 0.29) is 11.8 Å². The lowest BCUT2D eigenvalue weighted by atomic mass is 10.0. The van der Waals surface area contributed by atoms with Crippen molar-refractivity contribution < 1.29 is 9.53 Å². The van der Waals surface area contributed by atoms with Crippen LogP contribution in [0.4, 0.5) is 0 Å². The smallest absolute Gasteiger partial charge is 0.244 e. The van der Waals surface area contributed by atoms with Crippen LogP contribution in [0, 0.1) is 0 Å². The molecule has 1 atom stereocenters. The minimum absolute atomic E-state index is 0.103. The van der Waals surface area contributed by atoms with E-state index in [4.69, 9.17) is 4.74 Å². The SMILES string of the molecule is COc1ccccc1/C=C/C(=O)NC[C@@H](C)c1ccccc1. The van der Waals surface area contributed by atoms with E-state index in [9.17, 15) is 4.79 Å². The van der Waals surface area contributed by atoms with Crippen molar-refractivity contribution in [1.82, 2.24) is 5.32 Å². The summed E-state index contributed by atoms with van der Waals surface area (Å²) in [6.45, 7) is 2.71. The van der Waals surface area contributed by atoms with Gasteiger partial charge in [0.2, 0.25) is 5.91 Å². The van der Waals surface area contributed by atoms with Crippen molar-refractivity contribution in [2.24, 2.45) is 0 Å². The minimum Gasteiger partial charge on any atom is -0.496 e. The molecule has 2 aromatic rings. The first-order valence-electron chi connectivity index (χ1n) is 7.34. The fourth-order valence-corrected chi connectivity index (χ4v) is 2.18. The zero-order valence-electron chi connectivity index (χ0n) is 13.0. The van der Waals surface area contributed by atoms with Crippen molar-refractivity contribution in [1.29, 1.82) is 0 Å². The molecule has 3 nitrogen and oxygen atoms in total. The number of hydrogen-bond acceptors (Lipinski definition) is 2. The number of methoxy groups -OCH3 is 1. The van der Waals surface area contributed by atoms with Crippen LogP contribution in [-0.2, 0) is 4.79 Å². The molecule has 0 aliphatic rings. The highest BCUT2D eigenvalue weighted by Crippen LogP contribution is 2.18. The molecular formula is C19H21NO2. The highest BCUT2D eigenvalue weighted by molar-refractivity contribution is 5.92. The molecule has 0 saturated heterocycles. The number of carbonyl (C=O) groups excluding carboxylic acids is 1. The Morgan fingerprint density at radius 3 is 2.55 bits per heavy atom. The van der Waals surface area contributed by atoms with Crippen LogP contribution in [0.3, 0.4) is 0 Å². The van der Waals surface area contributed by atoms with Crippen molar-refractivity contribution in [2.45, 2.75) is 12.8 Å². The molecule has 0 aliphatic carbocycles. The van der Waals surface area contributed by atoms with E-state index in [1.54, 1.807) is 13.2 Å². The van der Waals surface area contributed by atoms with E-state index in [0.29, 0.717) is 6.54 Å². The Bertz CT molecular complexity index is 635. The number of hydrogen-bond donors (Lipinski definition) is 1. The molecule has 114 valence electrons. The molecule has 0 bridgehead atoms. The highest BCUT2D eigenvalue weighted by Gasteiger charge is 2.06. The number of nitrogens with one attached hydrogen (secondary N) is 1. The van der Waals surface area contributed by atoms with Crippen molar-refractivity contribution in [2.75, 3.05) is 13.7 Å². The number of carbonyl (C=O) groups is 1. The normalized spacial score (nSPS) is 12.1. The molecule has 0 saturated carbocycles. The summed E-state index contributed by atoms with van der Waals surface area (Å²) in [7, 11) is 1.62. The van der Waals surface area contributed by atoms with Gasteiger partial charge in [-0.25, -0.2) is 0 Å². The van der Waals surface area contributed by atoms with E-state index >= 15 is 0 Å². The van der Waals surface area contributed by atoms with Gasteiger partial charge in [0, 0.05) is 18.2 Å². The monoisotopic (exact) mass is 295 g/mol. The van der Waals surface area contributed by atoms with Gasteiger partial charge in [-0.3, -0.25) is 4.79 Å². The highest BCUT2D eigenvalue weighted by atomic mass is 16.5. The zero-order chi connectivity index (χ0) is 15.8. The molecule has 1 amide bonds. The number of para-hydroxylation sites is 1. The van der Waals surface area contributed by atoms with E-state index in [2.05, 4.69) is 24.4 Å². The largest absolute Gasteiger partial charge is 0.496 e. The molecule has 0 unspecified atom stereocenters. The van der Waals surface area contributed by atoms with Crippen LogP contribution in [0.5, 0.6) is 5.75 Å². The van der Waals surface area contributed by atoms with E-state index < -0.39 is 0 Å². The van der Waals surface area contributed by atoms with Crippen LogP contribution in [-0.4, -0.2) is 19.6 Å². The van der Waals surface area contributed by atoms with Crippen LogP contribution in [0.1, 0.15) is 24.0 Å². The Morgan fingerprint density at radius 2 is 1.82 bits per heavy atom. The molecule has 0 radical (unpaired) electrons. The Balaban J connectivity index is 1.89. The van der Waals surface area contributed by atoms with E-state index in [1.807, 2.05) is 42.5 Å². The average molecular weight is 295 g/mol. The Labute approximate surface area is 131 Å². The third-order valence-electron chi connectivity index (χ3n) is 3.50. The predicted octanol–water partition coefficient (Wildman–Crippen LogP) is 3.63. The third-order valence-corrected chi connectivity index (χ3v) is 3.50. The molecule has 2 rings (SSSR count). The maximum absolute atomic E-state index is 11.9. The van der Waals surface area contributed by atoms with Crippen LogP contribution in [0.15, 0.2) is 60.7 Å².